The van der Waals surface area contributed by atoms with Gasteiger partial charge in [0.15, 0.2) is 6.10 Å². The normalized spacial score (nSPS) is 16.7. The molecule has 0 bridgehead atoms. The third kappa shape index (κ3) is 4.21. The summed E-state index contributed by atoms with van der Waals surface area (Å²) in [6.07, 6.45) is -4.73. The first-order chi connectivity index (χ1) is 9.32. The highest BCUT2D eigenvalue weighted by atomic mass is 19.4. The molecule has 0 unspecified atom stereocenters. The van der Waals surface area contributed by atoms with E-state index in [1.54, 1.807) is 18.2 Å². The zero-order chi connectivity index (χ0) is 15.2. The molecule has 0 saturated heterocycles. The highest BCUT2D eigenvalue weighted by molar-refractivity contribution is 5.24. The van der Waals surface area contributed by atoms with Gasteiger partial charge in [0.1, 0.15) is 5.60 Å². The van der Waals surface area contributed by atoms with Crippen LogP contribution in [0.4, 0.5) is 13.2 Å². The summed E-state index contributed by atoms with van der Waals surface area (Å²) in [5.41, 5.74) is -2.19. The van der Waals surface area contributed by atoms with Gasteiger partial charge in [-0.2, -0.15) is 13.2 Å². The predicted molar refractivity (Wildman–Crippen MR) is 71.2 cm³/mol. The summed E-state index contributed by atoms with van der Waals surface area (Å²) < 4.78 is 38.4. The highest BCUT2D eigenvalue weighted by Crippen LogP contribution is 2.38. The molecule has 0 radical (unpaired) electrons. The number of aliphatic hydroxyl groups is 2. The van der Waals surface area contributed by atoms with Crippen LogP contribution in [0, 0.1) is 0 Å². The Kier molecular flexibility index (Phi) is 6.02. The van der Waals surface area contributed by atoms with Crippen molar-refractivity contribution in [3.8, 4) is 0 Å². The molecule has 1 aromatic carbocycles. The van der Waals surface area contributed by atoms with E-state index in [2.05, 4.69) is 0 Å². The summed E-state index contributed by atoms with van der Waals surface area (Å²) in [5, 5.41) is 20.0. The minimum Gasteiger partial charge on any atom is -0.382 e. The Morgan fingerprint density at radius 3 is 2.15 bits per heavy atom. The van der Waals surface area contributed by atoms with Crippen LogP contribution in [-0.4, -0.2) is 22.5 Å². The van der Waals surface area contributed by atoms with Crippen LogP contribution in [0.2, 0.25) is 0 Å². The lowest BCUT2D eigenvalue weighted by molar-refractivity contribution is -0.262. The molecule has 2 atom stereocenters. The molecule has 5 heteroatoms. The number of aliphatic hydroxyl groups excluding tert-OH is 1. The molecule has 0 heterocycles. The Morgan fingerprint density at radius 1 is 1.05 bits per heavy atom. The number of halogens is 3. The van der Waals surface area contributed by atoms with Gasteiger partial charge in [-0.25, -0.2) is 0 Å². The van der Waals surface area contributed by atoms with E-state index in [-0.39, 0.29) is 12.0 Å². The third-order valence-corrected chi connectivity index (χ3v) is 3.45. The molecule has 0 aromatic heterocycles. The molecular formula is C15H21F3O2. The average Bonchev–Trinajstić information content (AvgIpc) is 2.42. The molecule has 0 aliphatic heterocycles. The van der Waals surface area contributed by atoms with Crippen LogP contribution in [0.15, 0.2) is 30.3 Å². The monoisotopic (exact) mass is 290 g/mol. The maximum Gasteiger partial charge on any atom is 0.417 e. The molecule has 0 fully saturated rings. The molecular weight excluding hydrogens is 269 g/mol. The Labute approximate surface area is 117 Å². The summed E-state index contributed by atoms with van der Waals surface area (Å²) >= 11 is 0. The zero-order valence-electron chi connectivity index (χ0n) is 11.5. The quantitative estimate of drug-likeness (QED) is 0.750. The van der Waals surface area contributed by atoms with Gasteiger partial charge in [0.05, 0.1) is 0 Å². The number of rotatable bonds is 7. The summed E-state index contributed by atoms with van der Waals surface area (Å²) in [7, 11) is 0. The largest absolute Gasteiger partial charge is 0.417 e. The Balaban J connectivity index is 2.94. The van der Waals surface area contributed by atoms with Gasteiger partial charge in [-0.15, -0.1) is 0 Å². The Morgan fingerprint density at radius 2 is 1.65 bits per heavy atom. The predicted octanol–water partition coefficient (Wildman–Crippen LogP) is 3.77. The van der Waals surface area contributed by atoms with E-state index in [1.807, 2.05) is 6.92 Å². The van der Waals surface area contributed by atoms with Gasteiger partial charge in [0.25, 0.3) is 0 Å². The van der Waals surface area contributed by atoms with Crippen LogP contribution in [0.3, 0.4) is 0 Å². The van der Waals surface area contributed by atoms with Crippen LogP contribution in [-0.2, 0) is 5.60 Å². The number of alkyl halides is 3. The molecule has 1 aromatic rings. The maximum atomic E-state index is 12.8. The van der Waals surface area contributed by atoms with Gasteiger partial charge in [-0.1, -0.05) is 62.9 Å². The highest BCUT2D eigenvalue weighted by Gasteiger charge is 2.52. The first-order valence-electron chi connectivity index (χ1n) is 6.85. The van der Waals surface area contributed by atoms with Gasteiger partial charge in [-0.05, 0) is 12.0 Å². The first-order valence-corrected chi connectivity index (χ1v) is 6.85. The van der Waals surface area contributed by atoms with Gasteiger partial charge >= 0.3 is 6.18 Å². The second-order valence-electron chi connectivity index (χ2n) is 5.05. The molecule has 0 aliphatic rings. The van der Waals surface area contributed by atoms with Crippen molar-refractivity contribution in [3.63, 3.8) is 0 Å². The van der Waals surface area contributed by atoms with Crippen molar-refractivity contribution in [2.75, 3.05) is 0 Å². The van der Waals surface area contributed by atoms with Crippen molar-refractivity contribution in [1.82, 2.24) is 0 Å². The summed E-state index contributed by atoms with van der Waals surface area (Å²) in [4.78, 5) is 0. The number of unbranched alkanes of at least 4 members (excludes halogenated alkanes) is 3. The Hall–Kier alpha value is -1.07. The summed E-state index contributed by atoms with van der Waals surface area (Å²) in [5.74, 6) is 0. The first kappa shape index (κ1) is 17.0. The van der Waals surface area contributed by atoms with Crippen molar-refractivity contribution in [3.05, 3.63) is 35.9 Å². The molecule has 2 N–H and O–H groups in total. The number of benzene rings is 1. The lowest BCUT2D eigenvalue weighted by Crippen LogP contribution is -2.48. The molecule has 0 amide bonds. The lowest BCUT2D eigenvalue weighted by atomic mass is 9.83. The van der Waals surface area contributed by atoms with E-state index in [1.165, 1.54) is 12.1 Å². The Bertz CT molecular complexity index is 392. The van der Waals surface area contributed by atoms with E-state index in [0.29, 0.717) is 6.42 Å². The molecule has 114 valence electrons. The molecule has 0 saturated carbocycles. The SMILES string of the molecule is CCCCCC[C@@](O)(c1ccccc1)[C@@H](O)C(F)(F)F. The number of hydrogen-bond acceptors (Lipinski definition) is 2. The van der Waals surface area contributed by atoms with Crippen LogP contribution in [0.1, 0.15) is 44.6 Å². The van der Waals surface area contributed by atoms with Crippen LogP contribution in [0.25, 0.3) is 0 Å². The molecule has 20 heavy (non-hydrogen) atoms. The fourth-order valence-corrected chi connectivity index (χ4v) is 2.26. The van der Waals surface area contributed by atoms with Crippen molar-refractivity contribution >= 4 is 0 Å². The van der Waals surface area contributed by atoms with Gasteiger partial charge in [0.2, 0.25) is 0 Å². The molecule has 0 spiro atoms. The van der Waals surface area contributed by atoms with Gasteiger partial charge in [-0.3, -0.25) is 0 Å². The van der Waals surface area contributed by atoms with E-state index in [9.17, 15) is 23.4 Å². The zero-order valence-corrected chi connectivity index (χ0v) is 11.5. The summed E-state index contributed by atoms with van der Waals surface area (Å²) in [6.45, 7) is 1.99. The van der Waals surface area contributed by atoms with Crippen molar-refractivity contribution in [2.45, 2.75) is 56.9 Å². The molecule has 1 rings (SSSR count). The van der Waals surface area contributed by atoms with Gasteiger partial charge < -0.3 is 10.2 Å². The smallest absolute Gasteiger partial charge is 0.382 e. The molecule has 0 aliphatic carbocycles. The lowest BCUT2D eigenvalue weighted by Gasteiger charge is -2.34. The molecule has 2 nitrogen and oxygen atoms in total. The minimum atomic E-state index is -4.85. The van der Waals surface area contributed by atoms with E-state index in [0.717, 1.165) is 19.3 Å². The van der Waals surface area contributed by atoms with Crippen molar-refractivity contribution in [2.24, 2.45) is 0 Å². The second kappa shape index (κ2) is 7.09. The van der Waals surface area contributed by atoms with Crippen LogP contribution < -0.4 is 0 Å². The van der Waals surface area contributed by atoms with Crippen molar-refractivity contribution < 1.29 is 23.4 Å². The minimum absolute atomic E-state index is 0.0984. The topological polar surface area (TPSA) is 40.5 Å². The summed E-state index contributed by atoms with van der Waals surface area (Å²) in [6, 6.07) is 7.58. The fraction of sp³-hybridized carbons (Fsp3) is 0.600. The number of hydrogen-bond donors (Lipinski definition) is 2. The average molecular weight is 290 g/mol. The second-order valence-corrected chi connectivity index (χ2v) is 5.05. The third-order valence-electron chi connectivity index (χ3n) is 3.45. The van der Waals surface area contributed by atoms with E-state index in [4.69, 9.17) is 0 Å². The van der Waals surface area contributed by atoms with E-state index >= 15 is 0 Å². The van der Waals surface area contributed by atoms with Crippen LogP contribution >= 0.6 is 0 Å². The van der Waals surface area contributed by atoms with E-state index < -0.39 is 17.9 Å². The standard InChI is InChI=1S/C15H21F3O2/c1-2-3-4-8-11-14(20,13(19)15(16,17)18)12-9-6-5-7-10-12/h5-7,9-10,13,19-20H,2-4,8,11H2,1H3/t13-,14-/m1/s1. The van der Waals surface area contributed by atoms with Crippen LogP contribution in [0.5, 0.6) is 0 Å². The van der Waals surface area contributed by atoms with Crippen molar-refractivity contribution in [1.29, 1.82) is 0 Å². The van der Waals surface area contributed by atoms with Gasteiger partial charge in [0, 0.05) is 0 Å². The fourth-order valence-electron chi connectivity index (χ4n) is 2.26. The maximum absolute atomic E-state index is 12.8.